The molecule has 0 aromatic rings. The summed E-state index contributed by atoms with van der Waals surface area (Å²) in [4.78, 5) is 6.97. The molecule has 2 aliphatic carbocycles. The van der Waals surface area contributed by atoms with Crippen molar-refractivity contribution < 1.29 is 19.0 Å². The first-order valence-corrected chi connectivity index (χ1v) is 12.2. The topological polar surface area (TPSA) is 57.1 Å². The van der Waals surface area contributed by atoms with E-state index in [-0.39, 0.29) is 22.9 Å². The van der Waals surface area contributed by atoms with Gasteiger partial charge in [-0.15, -0.1) is 0 Å². The Kier molecular flexibility index (Phi) is 9.21. The van der Waals surface area contributed by atoms with Crippen LogP contribution in [0.1, 0.15) is 46.5 Å². The number of hydrogen-bond donors (Lipinski definition) is 0. The first-order valence-electron chi connectivity index (χ1n) is 11.8. The minimum absolute atomic E-state index is 0.0444. The molecule has 0 aromatic carbocycles. The van der Waals surface area contributed by atoms with E-state index in [9.17, 15) is 9.50 Å². The molecule has 180 valence electrons. The van der Waals surface area contributed by atoms with Gasteiger partial charge < -0.3 is 19.6 Å². The molecule has 7 heteroatoms. The molecule has 0 spiro atoms. The summed E-state index contributed by atoms with van der Waals surface area (Å²) in [6, 6.07) is 0.443. The molecule has 32 heavy (non-hydrogen) atoms. The lowest BCUT2D eigenvalue weighted by molar-refractivity contribution is -0.223. The van der Waals surface area contributed by atoms with Crippen LogP contribution in [0.4, 0.5) is 4.39 Å². The van der Waals surface area contributed by atoms with Gasteiger partial charge in [-0.3, -0.25) is 4.90 Å². The molecule has 5 unspecified atom stereocenters. The minimum atomic E-state index is -1.13. The van der Waals surface area contributed by atoms with Gasteiger partial charge in [0.1, 0.15) is 18.5 Å². The molecule has 0 N–H and O–H groups in total. The van der Waals surface area contributed by atoms with Crippen molar-refractivity contribution in [3.63, 3.8) is 0 Å². The van der Waals surface area contributed by atoms with E-state index >= 15 is 0 Å². The molecular formula is C25H37ClFN2O3-. The minimum Gasteiger partial charge on any atom is -0.862 e. The lowest BCUT2D eigenvalue weighted by Gasteiger charge is -2.41. The Labute approximate surface area is 197 Å². The molecule has 3 rings (SSSR count). The standard InChI is InChI=1S/C25H38ClFN2O3/c1-16-17(2)24(32-14-13-31-4)8-6-21(16)18(3)29-11-9-20(10-12-29)28-25(30)19-5-7-23(27)22(26)15-19/h6,8,15-16,18-21,23H,5,7,9-14H2,1-4H3,(H,28,30)/p-1. The van der Waals surface area contributed by atoms with Crippen molar-refractivity contribution in [3.05, 3.63) is 34.6 Å². The number of aliphatic imine (C=N–C) groups is 1. The summed E-state index contributed by atoms with van der Waals surface area (Å²) in [6.45, 7) is 9.71. The van der Waals surface area contributed by atoms with Gasteiger partial charge in [0.25, 0.3) is 0 Å². The highest BCUT2D eigenvalue weighted by atomic mass is 35.5. The largest absolute Gasteiger partial charge is 0.862 e. The first-order chi connectivity index (χ1) is 15.3. The van der Waals surface area contributed by atoms with Gasteiger partial charge in [-0.2, -0.15) is 0 Å². The number of alkyl halides is 1. The van der Waals surface area contributed by atoms with Crippen molar-refractivity contribution in [3.8, 4) is 0 Å². The number of ether oxygens (including phenoxy) is 2. The summed E-state index contributed by atoms with van der Waals surface area (Å²) in [6.07, 6.45) is 7.35. The van der Waals surface area contributed by atoms with Crippen molar-refractivity contribution in [2.45, 2.75) is 64.7 Å². The maximum Gasteiger partial charge on any atom is 0.135 e. The molecule has 0 saturated carbocycles. The van der Waals surface area contributed by atoms with Crippen molar-refractivity contribution >= 4 is 17.5 Å². The van der Waals surface area contributed by atoms with Gasteiger partial charge in [0.15, 0.2) is 0 Å². The molecule has 1 aliphatic heterocycles. The Hall–Kier alpha value is -1.37. The summed E-state index contributed by atoms with van der Waals surface area (Å²) in [5.74, 6) is 1.27. The Bertz CT molecular complexity index is 758. The average molecular weight is 468 g/mol. The molecule has 1 heterocycles. The van der Waals surface area contributed by atoms with Crippen LogP contribution in [-0.2, 0) is 9.47 Å². The van der Waals surface area contributed by atoms with Crippen molar-refractivity contribution in [1.82, 2.24) is 4.90 Å². The van der Waals surface area contributed by atoms with E-state index in [0.717, 1.165) is 31.7 Å². The van der Waals surface area contributed by atoms with Crippen molar-refractivity contribution in [2.75, 3.05) is 33.4 Å². The third kappa shape index (κ3) is 6.15. The molecule has 1 saturated heterocycles. The lowest BCUT2D eigenvalue weighted by atomic mass is 9.78. The third-order valence-corrected chi connectivity index (χ3v) is 7.68. The summed E-state index contributed by atoms with van der Waals surface area (Å²) in [7, 11) is 1.68. The second-order valence-corrected chi connectivity index (χ2v) is 9.73. The van der Waals surface area contributed by atoms with Crippen LogP contribution in [0.2, 0.25) is 0 Å². The van der Waals surface area contributed by atoms with Crippen LogP contribution in [0.15, 0.2) is 39.6 Å². The summed E-state index contributed by atoms with van der Waals surface area (Å²) in [5, 5.41) is 12.7. The second kappa shape index (κ2) is 11.7. The maximum absolute atomic E-state index is 13.5. The SMILES string of the molecule is COCCOC1=C(C)C(C)C(C(C)N2CCC(N=C([O-])C3C=C(Cl)C(F)CC3)CC2)C=C1. The molecule has 3 aliphatic rings. The number of likely N-dealkylation sites (tertiary alicyclic amines) is 1. The van der Waals surface area contributed by atoms with Gasteiger partial charge in [0.05, 0.1) is 12.6 Å². The Balaban J connectivity index is 1.52. The highest BCUT2D eigenvalue weighted by Gasteiger charge is 2.32. The number of rotatable bonds is 8. The van der Waals surface area contributed by atoms with Gasteiger partial charge >= 0.3 is 0 Å². The molecule has 5 nitrogen and oxygen atoms in total. The van der Waals surface area contributed by atoms with E-state index in [0.29, 0.717) is 43.9 Å². The van der Waals surface area contributed by atoms with Gasteiger partial charge in [-0.1, -0.05) is 30.7 Å². The van der Waals surface area contributed by atoms with Crippen LogP contribution < -0.4 is 5.11 Å². The number of halogens is 2. The number of methoxy groups -OCH3 is 1. The van der Waals surface area contributed by atoms with E-state index in [1.54, 1.807) is 13.2 Å². The lowest BCUT2D eigenvalue weighted by Crippen LogP contribution is -2.46. The van der Waals surface area contributed by atoms with E-state index in [2.05, 4.69) is 42.8 Å². The number of piperidine rings is 1. The predicted molar refractivity (Wildman–Crippen MR) is 125 cm³/mol. The summed E-state index contributed by atoms with van der Waals surface area (Å²) >= 11 is 5.90. The normalized spacial score (nSPS) is 31.6. The summed E-state index contributed by atoms with van der Waals surface area (Å²) in [5.41, 5.74) is 1.28. The Morgan fingerprint density at radius 3 is 2.66 bits per heavy atom. The molecule has 0 radical (unpaired) electrons. The van der Waals surface area contributed by atoms with E-state index in [4.69, 9.17) is 21.1 Å². The van der Waals surface area contributed by atoms with Crippen LogP contribution in [-0.4, -0.2) is 62.5 Å². The van der Waals surface area contributed by atoms with Gasteiger partial charge in [-0.05, 0) is 68.9 Å². The van der Waals surface area contributed by atoms with Crippen LogP contribution >= 0.6 is 11.6 Å². The first kappa shape index (κ1) is 25.3. The summed E-state index contributed by atoms with van der Waals surface area (Å²) < 4.78 is 24.5. The van der Waals surface area contributed by atoms with Crippen LogP contribution in [0.5, 0.6) is 0 Å². The number of nitrogens with zero attached hydrogens (tertiary/aromatic N) is 2. The zero-order chi connectivity index (χ0) is 23.3. The number of allylic oxidation sites excluding steroid dienone is 3. The van der Waals surface area contributed by atoms with Crippen molar-refractivity contribution in [1.29, 1.82) is 0 Å². The third-order valence-electron chi connectivity index (χ3n) is 7.31. The highest BCUT2D eigenvalue weighted by Crippen LogP contribution is 2.35. The molecule has 0 bridgehead atoms. The zero-order valence-corrected chi connectivity index (χ0v) is 20.5. The van der Waals surface area contributed by atoms with Gasteiger partial charge in [0, 0.05) is 37.2 Å². The molecule has 1 fully saturated rings. The molecule has 5 atom stereocenters. The van der Waals surface area contributed by atoms with Gasteiger partial charge in [-0.25, -0.2) is 4.39 Å². The quantitative estimate of drug-likeness (QED) is 0.304. The average Bonchev–Trinajstić information content (AvgIpc) is 2.78. The zero-order valence-electron chi connectivity index (χ0n) is 19.7. The van der Waals surface area contributed by atoms with E-state index < -0.39 is 6.17 Å². The van der Waals surface area contributed by atoms with Crippen molar-refractivity contribution in [2.24, 2.45) is 22.7 Å². The monoisotopic (exact) mass is 467 g/mol. The molecule has 0 amide bonds. The second-order valence-electron chi connectivity index (χ2n) is 9.29. The predicted octanol–water partition coefficient (Wildman–Crippen LogP) is 4.23. The smallest absolute Gasteiger partial charge is 0.135 e. The fraction of sp³-hybridized carbons (Fsp3) is 0.720. The molecule has 0 aromatic heterocycles. The van der Waals surface area contributed by atoms with Crippen LogP contribution in [0, 0.1) is 17.8 Å². The number of hydrogen-bond acceptors (Lipinski definition) is 5. The Morgan fingerprint density at radius 2 is 2.00 bits per heavy atom. The van der Waals surface area contributed by atoms with Crippen LogP contribution in [0.3, 0.4) is 0 Å². The molecular weight excluding hydrogens is 431 g/mol. The van der Waals surface area contributed by atoms with Gasteiger partial charge in [0.2, 0.25) is 0 Å². The maximum atomic E-state index is 13.5. The van der Waals surface area contributed by atoms with E-state index in [1.165, 1.54) is 5.57 Å². The fourth-order valence-corrected chi connectivity index (χ4v) is 5.23. The van der Waals surface area contributed by atoms with E-state index in [1.807, 2.05) is 0 Å². The fourth-order valence-electron chi connectivity index (χ4n) is 4.96. The van der Waals surface area contributed by atoms with Crippen LogP contribution in [0.25, 0.3) is 0 Å². The Morgan fingerprint density at radius 1 is 1.28 bits per heavy atom. The highest BCUT2D eigenvalue weighted by molar-refractivity contribution is 6.30.